The fourth-order valence-electron chi connectivity index (χ4n) is 2.56. The Morgan fingerprint density at radius 1 is 1.30 bits per heavy atom. The third-order valence-electron chi connectivity index (χ3n) is 3.45. The van der Waals surface area contributed by atoms with Crippen molar-refractivity contribution in [3.05, 3.63) is 24.3 Å². The number of aryl methyl sites for hydroxylation is 1. The van der Waals surface area contributed by atoms with Crippen LogP contribution in [0.1, 0.15) is 20.8 Å². The molecule has 3 aromatic rings. The van der Waals surface area contributed by atoms with Crippen molar-refractivity contribution in [2.75, 3.05) is 5.75 Å². The van der Waals surface area contributed by atoms with E-state index in [0.29, 0.717) is 5.16 Å². The molecule has 0 fully saturated rings. The van der Waals surface area contributed by atoms with Crippen molar-refractivity contribution in [1.82, 2.24) is 25.1 Å². The quantitative estimate of drug-likeness (QED) is 0.729. The standard InChI is InChI=1S/C16H19N5OS/c1-4-21-12-8-6-5-7-11(12)14-15(21)18-16(20-19-14)23-9-13(22)17-10(2)3/h5-8,10H,4,9H2,1-3H3,(H,17,22). The third-order valence-corrected chi connectivity index (χ3v) is 4.29. The van der Waals surface area contributed by atoms with Crippen molar-refractivity contribution < 1.29 is 4.79 Å². The lowest BCUT2D eigenvalue weighted by Gasteiger charge is -2.07. The van der Waals surface area contributed by atoms with Gasteiger partial charge in [0.2, 0.25) is 11.1 Å². The van der Waals surface area contributed by atoms with Gasteiger partial charge < -0.3 is 9.88 Å². The van der Waals surface area contributed by atoms with Gasteiger partial charge in [-0.3, -0.25) is 4.79 Å². The lowest BCUT2D eigenvalue weighted by molar-refractivity contribution is -0.119. The van der Waals surface area contributed by atoms with Crippen LogP contribution in [0.5, 0.6) is 0 Å². The highest BCUT2D eigenvalue weighted by Gasteiger charge is 2.14. The predicted molar refractivity (Wildman–Crippen MR) is 92.5 cm³/mol. The number of carbonyl (C=O) groups excluding carboxylic acids is 1. The average Bonchev–Trinajstić information content (AvgIpc) is 2.85. The summed E-state index contributed by atoms with van der Waals surface area (Å²) in [7, 11) is 0. The Balaban J connectivity index is 1.92. The van der Waals surface area contributed by atoms with Gasteiger partial charge in [-0.25, -0.2) is 4.98 Å². The van der Waals surface area contributed by atoms with Crippen molar-refractivity contribution >= 4 is 39.7 Å². The molecule has 0 radical (unpaired) electrons. The highest BCUT2D eigenvalue weighted by atomic mass is 32.2. The number of thioether (sulfide) groups is 1. The maximum Gasteiger partial charge on any atom is 0.230 e. The molecule has 23 heavy (non-hydrogen) atoms. The van der Waals surface area contributed by atoms with Crippen molar-refractivity contribution in [2.24, 2.45) is 0 Å². The van der Waals surface area contributed by atoms with Gasteiger partial charge >= 0.3 is 0 Å². The van der Waals surface area contributed by atoms with E-state index in [-0.39, 0.29) is 17.7 Å². The monoisotopic (exact) mass is 329 g/mol. The van der Waals surface area contributed by atoms with E-state index in [9.17, 15) is 4.79 Å². The van der Waals surface area contributed by atoms with E-state index in [0.717, 1.165) is 28.6 Å². The summed E-state index contributed by atoms with van der Waals surface area (Å²) < 4.78 is 2.12. The molecule has 6 nitrogen and oxygen atoms in total. The smallest absolute Gasteiger partial charge is 0.230 e. The van der Waals surface area contributed by atoms with Gasteiger partial charge in [0.05, 0.1) is 11.3 Å². The fourth-order valence-corrected chi connectivity index (χ4v) is 3.16. The summed E-state index contributed by atoms with van der Waals surface area (Å²) in [4.78, 5) is 16.3. The first-order chi connectivity index (χ1) is 11.1. The fraction of sp³-hybridized carbons (Fsp3) is 0.375. The van der Waals surface area contributed by atoms with Crippen molar-refractivity contribution in [1.29, 1.82) is 0 Å². The Hall–Kier alpha value is -2.15. The molecule has 1 amide bonds. The number of fused-ring (bicyclic) bond motifs is 3. The molecule has 0 bridgehead atoms. The van der Waals surface area contributed by atoms with Crippen molar-refractivity contribution in [3.63, 3.8) is 0 Å². The Morgan fingerprint density at radius 3 is 2.83 bits per heavy atom. The van der Waals surface area contributed by atoms with Gasteiger partial charge in [-0.15, -0.1) is 10.2 Å². The molecule has 0 saturated carbocycles. The van der Waals surface area contributed by atoms with Gasteiger partial charge in [0.1, 0.15) is 5.52 Å². The molecule has 7 heteroatoms. The first kappa shape index (κ1) is 15.7. The summed E-state index contributed by atoms with van der Waals surface area (Å²) in [6.07, 6.45) is 0. The van der Waals surface area contributed by atoms with Crippen LogP contribution < -0.4 is 5.32 Å². The summed E-state index contributed by atoms with van der Waals surface area (Å²) in [6, 6.07) is 8.22. The first-order valence-corrected chi connectivity index (χ1v) is 8.62. The molecule has 2 heterocycles. The van der Waals surface area contributed by atoms with Gasteiger partial charge in [0.25, 0.3) is 0 Å². The first-order valence-electron chi connectivity index (χ1n) is 7.64. The zero-order chi connectivity index (χ0) is 16.4. The number of carbonyl (C=O) groups is 1. The number of amides is 1. The number of hydrogen-bond acceptors (Lipinski definition) is 5. The van der Waals surface area contributed by atoms with Crippen LogP contribution in [0.15, 0.2) is 29.4 Å². The van der Waals surface area contributed by atoms with Gasteiger partial charge in [-0.2, -0.15) is 0 Å². The minimum Gasteiger partial charge on any atom is -0.353 e. The van der Waals surface area contributed by atoms with Crippen LogP contribution in [-0.4, -0.2) is 37.5 Å². The van der Waals surface area contributed by atoms with Crippen LogP contribution in [0.25, 0.3) is 22.1 Å². The molecule has 0 aliphatic rings. The SMILES string of the molecule is CCn1c2ccccc2c2nnc(SCC(=O)NC(C)C)nc21. The second kappa shape index (κ2) is 6.54. The van der Waals surface area contributed by atoms with Crippen molar-refractivity contribution in [2.45, 2.75) is 38.5 Å². The predicted octanol–water partition coefficient (Wildman–Crippen LogP) is 2.62. The van der Waals surface area contributed by atoms with E-state index in [1.807, 2.05) is 32.0 Å². The van der Waals surface area contributed by atoms with Gasteiger partial charge in [-0.1, -0.05) is 30.0 Å². The number of nitrogens with zero attached hydrogens (tertiary/aromatic N) is 4. The maximum absolute atomic E-state index is 11.7. The number of para-hydroxylation sites is 1. The Kier molecular flexibility index (Phi) is 4.47. The molecule has 0 aliphatic carbocycles. The van der Waals surface area contributed by atoms with E-state index < -0.39 is 0 Å². The summed E-state index contributed by atoms with van der Waals surface area (Å²) in [5.74, 6) is 0.266. The van der Waals surface area contributed by atoms with E-state index in [1.54, 1.807) is 0 Å². The minimum absolute atomic E-state index is 0.0234. The summed E-state index contributed by atoms with van der Waals surface area (Å²) >= 11 is 1.30. The number of aromatic nitrogens is 4. The van der Waals surface area contributed by atoms with Crippen LogP contribution in [0.2, 0.25) is 0 Å². The highest BCUT2D eigenvalue weighted by molar-refractivity contribution is 7.99. The third kappa shape index (κ3) is 3.14. The zero-order valence-corrected chi connectivity index (χ0v) is 14.2. The van der Waals surface area contributed by atoms with E-state index >= 15 is 0 Å². The zero-order valence-electron chi connectivity index (χ0n) is 13.4. The minimum atomic E-state index is -0.0234. The van der Waals surface area contributed by atoms with Crippen LogP contribution in [0.4, 0.5) is 0 Å². The Morgan fingerprint density at radius 2 is 2.09 bits per heavy atom. The molecule has 120 valence electrons. The molecule has 0 saturated heterocycles. The van der Waals surface area contributed by atoms with Crippen LogP contribution in [0, 0.1) is 0 Å². The normalized spacial score (nSPS) is 11.5. The van der Waals surface area contributed by atoms with Crippen molar-refractivity contribution in [3.8, 4) is 0 Å². The lowest BCUT2D eigenvalue weighted by atomic mass is 10.2. The number of hydrogen-bond donors (Lipinski definition) is 1. The lowest BCUT2D eigenvalue weighted by Crippen LogP contribution is -2.31. The molecule has 0 spiro atoms. The van der Waals surface area contributed by atoms with E-state index in [4.69, 9.17) is 0 Å². The number of rotatable bonds is 5. The largest absolute Gasteiger partial charge is 0.353 e. The molecule has 1 N–H and O–H groups in total. The summed E-state index contributed by atoms with van der Waals surface area (Å²) in [5, 5.41) is 12.9. The van der Waals surface area contributed by atoms with Crippen LogP contribution >= 0.6 is 11.8 Å². The summed E-state index contributed by atoms with van der Waals surface area (Å²) in [5.41, 5.74) is 2.72. The summed E-state index contributed by atoms with van der Waals surface area (Å²) in [6.45, 7) is 6.76. The highest BCUT2D eigenvalue weighted by Crippen LogP contribution is 2.26. The molecule has 2 aromatic heterocycles. The van der Waals surface area contributed by atoms with Gasteiger partial charge in [0.15, 0.2) is 5.65 Å². The molecule has 0 aliphatic heterocycles. The average molecular weight is 329 g/mol. The van der Waals surface area contributed by atoms with Gasteiger partial charge in [-0.05, 0) is 26.8 Å². The van der Waals surface area contributed by atoms with Crippen LogP contribution in [0.3, 0.4) is 0 Å². The maximum atomic E-state index is 11.7. The van der Waals surface area contributed by atoms with Gasteiger partial charge in [0, 0.05) is 18.0 Å². The van der Waals surface area contributed by atoms with E-state index in [1.165, 1.54) is 11.8 Å². The number of benzene rings is 1. The molecule has 3 rings (SSSR count). The molecular formula is C16H19N5OS. The Labute approximate surface area is 138 Å². The van der Waals surface area contributed by atoms with E-state index in [2.05, 4.69) is 38.1 Å². The second-order valence-electron chi connectivity index (χ2n) is 5.54. The second-order valence-corrected chi connectivity index (χ2v) is 6.48. The molecule has 1 aromatic carbocycles. The molecular weight excluding hydrogens is 310 g/mol. The Bertz CT molecular complexity index is 858. The molecule has 0 atom stereocenters. The molecule has 0 unspecified atom stereocenters. The van der Waals surface area contributed by atoms with Crippen LogP contribution in [-0.2, 0) is 11.3 Å². The number of nitrogens with one attached hydrogen (secondary N) is 1. The topological polar surface area (TPSA) is 72.7 Å².